The van der Waals surface area contributed by atoms with E-state index in [4.69, 9.17) is 4.74 Å². The maximum atomic E-state index is 5.59. The van der Waals surface area contributed by atoms with E-state index in [1.165, 1.54) is 25.9 Å². The highest BCUT2D eigenvalue weighted by molar-refractivity contribution is 4.71. The fraction of sp³-hybridized carbons (Fsp3) is 1.00. The van der Waals surface area contributed by atoms with Gasteiger partial charge in [-0.15, -0.1) is 0 Å². The highest BCUT2D eigenvalue weighted by Gasteiger charge is 2.13. The summed E-state index contributed by atoms with van der Waals surface area (Å²) in [5, 5.41) is 3.53. The van der Waals surface area contributed by atoms with Crippen molar-refractivity contribution in [1.82, 2.24) is 10.2 Å². The predicted molar refractivity (Wildman–Crippen MR) is 64.2 cm³/mol. The van der Waals surface area contributed by atoms with Crippen molar-refractivity contribution in [1.29, 1.82) is 0 Å². The standard InChI is InChI=1S/C12H26N2O/c1-4-15-12(3)10-14-8-5-7-13-11(2)6-9-14/h11-13H,4-10H2,1-3H3. The van der Waals surface area contributed by atoms with E-state index in [0.29, 0.717) is 12.1 Å². The van der Waals surface area contributed by atoms with Crippen molar-refractivity contribution in [2.75, 3.05) is 32.8 Å². The van der Waals surface area contributed by atoms with Gasteiger partial charge in [0.25, 0.3) is 0 Å². The van der Waals surface area contributed by atoms with Crippen LogP contribution in [-0.4, -0.2) is 49.8 Å². The molecule has 0 bridgehead atoms. The Morgan fingerprint density at radius 1 is 1.47 bits per heavy atom. The first-order valence-electron chi connectivity index (χ1n) is 6.29. The van der Waals surface area contributed by atoms with E-state index in [2.05, 4.69) is 31.0 Å². The summed E-state index contributed by atoms with van der Waals surface area (Å²) in [5.74, 6) is 0. The maximum Gasteiger partial charge on any atom is 0.0673 e. The third-order valence-corrected chi connectivity index (χ3v) is 2.99. The Labute approximate surface area is 94.2 Å². The molecule has 1 heterocycles. The highest BCUT2D eigenvalue weighted by Crippen LogP contribution is 2.04. The van der Waals surface area contributed by atoms with Crippen LogP contribution in [0, 0.1) is 0 Å². The van der Waals surface area contributed by atoms with Gasteiger partial charge in [-0.25, -0.2) is 0 Å². The van der Waals surface area contributed by atoms with Crippen LogP contribution in [0.5, 0.6) is 0 Å². The Balaban J connectivity index is 2.26. The van der Waals surface area contributed by atoms with Crippen LogP contribution in [0.15, 0.2) is 0 Å². The van der Waals surface area contributed by atoms with Gasteiger partial charge in [0, 0.05) is 19.2 Å². The highest BCUT2D eigenvalue weighted by atomic mass is 16.5. The molecule has 1 aliphatic rings. The molecule has 0 spiro atoms. The first-order chi connectivity index (χ1) is 7.22. The normalized spacial score (nSPS) is 27.0. The summed E-state index contributed by atoms with van der Waals surface area (Å²) >= 11 is 0. The van der Waals surface area contributed by atoms with Crippen molar-refractivity contribution in [2.24, 2.45) is 0 Å². The number of hydrogen-bond acceptors (Lipinski definition) is 3. The molecule has 0 aliphatic carbocycles. The lowest BCUT2D eigenvalue weighted by molar-refractivity contribution is 0.0431. The topological polar surface area (TPSA) is 24.5 Å². The molecule has 2 atom stereocenters. The summed E-state index contributed by atoms with van der Waals surface area (Å²) in [7, 11) is 0. The summed E-state index contributed by atoms with van der Waals surface area (Å²) in [6.07, 6.45) is 2.87. The van der Waals surface area contributed by atoms with Crippen LogP contribution in [0.3, 0.4) is 0 Å². The predicted octanol–water partition coefficient (Wildman–Crippen LogP) is 1.49. The molecular weight excluding hydrogens is 188 g/mol. The molecule has 90 valence electrons. The molecule has 1 fully saturated rings. The number of nitrogens with one attached hydrogen (secondary N) is 1. The molecule has 1 N–H and O–H groups in total. The van der Waals surface area contributed by atoms with Crippen molar-refractivity contribution in [3.05, 3.63) is 0 Å². The van der Waals surface area contributed by atoms with Gasteiger partial charge in [0.2, 0.25) is 0 Å². The summed E-state index contributed by atoms with van der Waals surface area (Å²) in [4.78, 5) is 2.54. The largest absolute Gasteiger partial charge is 0.377 e. The van der Waals surface area contributed by atoms with Crippen molar-refractivity contribution in [3.63, 3.8) is 0 Å². The Morgan fingerprint density at radius 2 is 2.27 bits per heavy atom. The molecule has 3 heteroatoms. The van der Waals surface area contributed by atoms with Crippen LogP contribution < -0.4 is 5.32 Å². The molecule has 2 unspecified atom stereocenters. The molecule has 0 amide bonds. The van der Waals surface area contributed by atoms with E-state index < -0.39 is 0 Å². The van der Waals surface area contributed by atoms with Crippen molar-refractivity contribution in [2.45, 2.75) is 45.8 Å². The minimum absolute atomic E-state index is 0.373. The monoisotopic (exact) mass is 214 g/mol. The minimum atomic E-state index is 0.373. The minimum Gasteiger partial charge on any atom is -0.377 e. The second-order valence-electron chi connectivity index (χ2n) is 4.56. The van der Waals surface area contributed by atoms with E-state index in [9.17, 15) is 0 Å². The zero-order valence-electron chi connectivity index (χ0n) is 10.5. The average molecular weight is 214 g/mol. The third kappa shape index (κ3) is 5.50. The van der Waals surface area contributed by atoms with E-state index >= 15 is 0 Å². The lowest BCUT2D eigenvalue weighted by Crippen LogP contribution is -2.41. The molecule has 3 nitrogen and oxygen atoms in total. The van der Waals surface area contributed by atoms with Gasteiger partial charge in [-0.3, -0.25) is 0 Å². The quantitative estimate of drug-likeness (QED) is 0.767. The fourth-order valence-electron chi connectivity index (χ4n) is 2.12. The molecular formula is C12H26N2O. The number of hydrogen-bond donors (Lipinski definition) is 1. The van der Waals surface area contributed by atoms with E-state index in [0.717, 1.165) is 19.7 Å². The van der Waals surface area contributed by atoms with Crippen LogP contribution >= 0.6 is 0 Å². The summed E-state index contributed by atoms with van der Waals surface area (Å²) in [6.45, 7) is 12.0. The van der Waals surface area contributed by atoms with Gasteiger partial charge in [0.15, 0.2) is 0 Å². The summed E-state index contributed by atoms with van der Waals surface area (Å²) in [5.41, 5.74) is 0. The van der Waals surface area contributed by atoms with Gasteiger partial charge in [-0.2, -0.15) is 0 Å². The van der Waals surface area contributed by atoms with Gasteiger partial charge in [0.05, 0.1) is 6.10 Å². The first-order valence-corrected chi connectivity index (χ1v) is 6.29. The van der Waals surface area contributed by atoms with Crippen LogP contribution in [0.1, 0.15) is 33.6 Å². The third-order valence-electron chi connectivity index (χ3n) is 2.99. The number of nitrogens with zero attached hydrogens (tertiary/aromatic N) is 1. The zero-order chi connectivity index (χ0) is 11.1. The lowest BCUT2D eigenvalue weighted by Gasteiger charge is -2.29. The van der Waals surface area contributed by atoms with Gasteiger partial charge < -0.3 is 15.0 Å². The van der Waals surface area contributed by atoms with Gasteiger partial charge >= 0.3 is 0 Å². The van der Waals surface area contributed by atoms with Crippen LogP contribution in [-0.2, 0) is 4.74 Å². The van der Waals surface area contributed by atoms with E-state index in [1.807, 2.05) is 0 Å². The number of ether oxygens (including phenoxy) is 1. The fourth-order valence-corrected chi connectivity index (χ4v) is 2.12. The van der Waals surface area contributed by atoms with Crippen molar-refractivity contribution >= 4 is 0 Å². The molecule has 0 aromatic rings. The Kier molecular flexibility index (Phi) is 6.22. The molecule has 0 aromatic heterocycles. The molecule has 15 heavy (non-hydrogen) atoms. The Hall–Kier alpha value is -0.120. The molecule has 1 saturated heterocycles. The molecule has 1 rings (SSSR count). The summed E-state index contributed by atoms with van der Waals surface area (Å²) in [6, 6.07) is 0.662. The second-order valence-corrected chi connectivity index (χ2v) is 4.56. The molecule has 0 radical (unpaired) electrons. The zero-order valence-corrected chi connectivity index (χ0v) is 10.5. The van der Waals surface area contributed by atoms with Crippen molar-refractivity contribution in [3.8, 4) is 0 Å². The average Bonchev–Trinajstić information content (AvgIpc) is 2.17. The summed E-state index contributed by atoms with van der Waals surface area (Å²) < 4.78 is 5.59. The van der Waals surface area contributed by atoms with Gasteiger partial charge in [-0.05, 0) is 53.2 Å². The second kappa shape index (κ2) is 7.20. The van der Waals surface area contributed by atoms with E-state index in [-0.39, 0.29) is 0 Å². The van der Waals surface area contributed by atoms with E-state index in [1.54, 1.807) is 0 Å². The molecule has 0 aromatic carbocycles. The molecule has 1 aliphatic heterocycles. The SMILES string of the molecule is CCOC(C)CN1CCCNC(C)CC1. The lowest BCUT2D eigenvalue weighted by atomic mass is 10.1. The van der Waals surface area contributed by atoms with Gasteiger partial charge in [-0.1, -0.05) is 0 Å². The van der Waals surface area contributed by atoms with Crippen LogP contribution in [0.4, 0.5) is 0 Å². The smallest absolute Gasteiger partial charge is 0.0673 e. The first kappa shape index (κ1) is 12.9. The molecule has 0 saturated carbocycles. The van der Waals surface area contributed by atoms with Crippen molar-refractivity contribution < 1.29 is 4.74 Å². The van der Waals surface area contributed by atoms with Gasteiger partial charge in [0.1, 0.15) is 0 Å². The number of rotatable bonds is 4. The maximum absolute atomic E-state index is 5.59. The van der Waals surface area contributed by atoms with Crippen LogP contribution in [0.25, 0.3) is 0 Å². The Morgan fingerprint density at radius 3 is 3.00 bits per heavy atom. The van der Waals surface area contributed by atoms with Crippen LogP contribution in [0.2, 0.25) is 0 Å². The Bertz CT molecular complexity index is 164.